The molecule has 0 spiro atoms. The molecule has 0 amide bonds. The molecule has 1 aliphatic rings. The summed E-state index contributed by atoms with van der Waals surface area (Å²) < 4.78 is 17.8. The SMILES string of the molecule is CCCCCCCCC(CCCCCC)COC(=O)CCCCCCN(CCCCCO)CC1(CCCCC(=O)OCC(CCCCCC)CCCCCCCC)CO1. The number of hydrogen-bond acceptors (Lipinski definition) is 7. The van der Waals surface area contributed by atoms with Crippen LogP contribution < -0.4 is 0 Å². The maximum absolute atomic E-state index is 12.8. The number of aliphatic hydroxyl groups is 1. The van der Waals surface area contributed by atoms with E-state index in [1.165, 1.54) is 154 Å². The van der Waals surface area contributed by atoms with Crippen LogP contribution in [0.1, 0.15) is 259 Å². The fraction of sp³-hybridized carbons (Fsp3) is 0.962. The minimum atomic E-state index is -0.0751. The second-order valence-corrected chi connectivity index (χ2v) is 18.8. The Balaban J connectivity index is 2.39. The van der Waals surface area contributed by atoms with Gasteiger partial charge in [0, 0.05) is 26.0 Å². The molecule has 0 aromatic rings. The van der Waals surface area contributed by atoms with Gasteiger partial charge in [-0.3, -0.25) is 9.59 Å². The summed E-state index contributed by atoms with van der Waals surface area (Å²) in [5.41, 5.74) is -0.0751. The van der Waals surface area contributed by atoms with Crippen molar-refractivity contribution in [1.82, 2.24) is 4.90 Å². The van der Waals surface area contributed by atoms with Crippen LogP contribution >= 0.6 is 0 Å². The van der Waals surface area contributed by atoms with Crippen LogP contribution in [0.15, 0.2) is 0 Å². The predicted octanol–water partition coefficient (Wildman–Crippen LogP) is 14.5. The third-order valence-corrected chi connectivity index (χ3v) is 12.9. The summed E-state index contributed by atoms with van der Waals surface area (Å²) in [5, 5.41) is 9.31. The molecule has 0 aliphatic carbocycles. The van der Waals surface area contributed by atoms with Crippen molar-refractivity contribution in [3.05, 3.63) is 0 Å². The van der Waals surface area contributed by atoms with Gasteiger partial charge in [0.05, 0.1) is 19.8 Å². The quantitative estimate of drug-likeness (QED) is 0.0371. The van der Waals surface area contributed by atoms with E-state index in [0.717, 1.165) is 90.4 Å². The van der Waals surface area contributed by atoms with Crippen molar-refractivity contribution in [2.24, 2.45) is 11.8 Å². The highest BCUT2D eigenvalue weighted by Crippen LogP contribution is 2.34. The Hall–Kier alpha value is -1.18. The molecule has 350 valence electrons. The number of carbonyl (C=O) groups excluding carboxylic acids is 2. The van der Waals surface area contributed by atoms with Gasteiger partial charge < -0.3 is 24.2 Å². The van der Waals surface area contributed by atoms with Gasteiger partial charge in [-0.1, -0.05) is 169 Å². The van der Waals surface area contributed by atoms with Crippen molar-refractivity contribution in [2.75, 3.05) is 46.1 Å². The first kappa shape index (κ1) is 55.8. The van der Waals surface area contributed by atoms with Crippen LogP contribution in [-0.4, -0.2) is 73.6 Å². The molecule has 0 saturated carbocycles. The highest BCUT2D eigenvalue weighted by molar-refractivity contribution is 5.69. The number of nitrogens with zero attached hydrogens (tertiary/aromatic N) is 1. The van der Waals surface area contributed by atoms with Gasteiger partial charge in [0.1, 0.15) is 5.60 Å². The molecule has 1 aliphatic heterocycles. The molecule has 3 atom stereocenters. The second kappa shape index (κ2) is 40.9. The van der Waals surface area contributed by atoms with Gasteiger partial charge in [-0.25, -0.2) is 0 Å². The molecule has 1 saturated heterocycles. The van der Waals surface area contributed by atoms with Crippen LogP contribution in [0.3, 0.4) is 0 Å². The Labute approximate surface area is 367 Å². The normalized spacial score (nSPS) is 16.1. The lowest BCUT2D eigenvalue weighted by Gasteiger charge is -2.26. The molecule has 7 nitrogen and oxygen atoms in total. The predicted molar refractivity (Wildman–Crippen MR) is 250 cm³/mol. The van der Waals surface area contributed by atoms with Crippen LogP contribution in [0.2, 0.25) is 0 Å². The van der Waals surface area contributed by atoms with Crippen molar-refractivity contribution >= 4 is 11.9 Å². The molecule has 1 N–H and O–H groups in total. The zero-order valence-electron chi connectivity index (χ0n) is 40.0. The van der Waals surface area contributed by atoms with Gasteiger partial charge in [0.25, 0.3) is 0 Å². The van der Waals surface area contributed by atoms with Crippen LogP contribution in [-0.2, 0) is 23.8 Å². The van der Waals surface area contributed by atoms with Crippen molar-refractivity contribution in [2.45, 2.75) is 264 Å². The fourth-order valence-corrected chi connectivity index (χ4v) is 8.73. The summed E-state index contributed by atoms with van der Waals surface area (Å²) in [4.78, 5) is 28.0. The first-order valence-electron chi connectivity index (χ1n) is 26.2. The lowest BCUT2D eigenvalue weighted by atomic mass is 9.95. The molecular weight excluding hydrogens is 735 g/mol. The van der Waals surface area contributed by atoms with E-state index in [0.29, 0.717) is 37.9 Å². The number of hydrogen-bond donors (Lipinski definition) is 1. The van der Waals surface area contributed by atoms with Crippen LogP contribution in [0, 0.1) is 11.8 Å². The third-order valence-electron chi connectivity index (χ3n) is 12.9. The zero-order chi connectivity index (χ0) is 42.9. The molecule has 7 heteroatoms. The van der Waals surface area contributed by atoms with E-state index in [1.54, 1.807) is 0 Å². The summed E-state index contributed by atoms with van der Waals surface area (Å²) in [7, 11) is 0. The van der Waals surface area contributed by atoms with Crippen molar-refractivity contribution in [1.29, 1.82) is 0 Å². The maximum atomic E-state index is 12.8. The summed E-state index contributed by atoms with van der Waals surface area (Å²) in [6, 6.07) is 0. The molecular formula is C52H101NO6. The van der Waals surface area contributed by atoms with Gasteiger partial charge in [-0.05, 0) is 102 Å². The third kappa shape index (κ3) is 35.0. The van der Waals surface area contributed by atoms with E-state index in [4.69, 9.17) is 14.2 Å². The Morgan fingerprint density at radius 1 is 0.508 bits per heavy atom. The molecule has 3 unspecified atom stereocenters. The van der Waals surface area contributed by atoms with E-state index in [1.807, 2.05) is 0 Å². The molecule has 0 bridgehead atoms. The average Bonchev–Trinajstić information content (AvgIpc) is 4.01. The second-order valence-electron chi connectivity index (χ2n) is 18.8. The minimum absolute atomic E-state index is 0.0106. The topological polar surface area (TPSA) is 88.6 Å². The van der Waals surface area contributed by atoms with E-state index in [-0.39, 0.29) is 24.1 Å². The zero-order valence-corrected chi connectivity index (χ0v) is 40.0. The molecule has 0 aromatic heterocycles. The maximum Gasteiger partial charge on any atom is 0.305 e. The highest BCUT2D eigenvalue weighted by Gasteiger charge is 2.45. The molecule has 1 rings (SSSR count). The van der Waals surface area contributed by atoms with Gasteiger partial charge in [-0.2, -0.15) is 0 Å². The van der Waals surface area contributed by atoms with E-state index >= 15 is 0 Å². The molecule has 1 fully saturated rings. The number of aliphatic hydroxyl groups excluding tert-OH is 1. The molecule has 1 heterocycles. The van der Waals surface area contributed by atoms with E-state index in [9.17, 15) is 14.7 Å². The first-order valence-corrected chi connectivity index (χ1v) is 26.2. The van der Waals surface area contributed by atoms with Gasteiger partial charge in [0.15, 0.2) is 0 Å². The Bertz CT molecular complexity index is 925. The fourth-order valence-electron chi connectivity index (χ4n) is 8.73. The monoisotopic (exact) mass is 836 g/mol. The summed E-state index contributed by atoms with van der Waals surface area (Å²) >= 11 is 0. The molecule has 0 radical (unpaired) electrons. The van der Waals surface area contributed by atoms with Crippen molar-refractivity contribution in [3.63, 3.8) is 0 Å². The van der Waals surface area contributed by atoms with Gasteiger partial charge in [-0.15, -0.1) is 0 Å². The average molecular weight is 836 g/mol. The van der Waals surface area contributed by atoms with Gasteiger partial charge in [0.2, 0.25) is 0 Å². The lowest BCUT2D eigenvalue weighted by Crippen LogP contribution is -2.36. The number of epoxide rings is 1. The smallest absolute Gasteiger partial charge is 0.305 e. The number of unbranched alkanes of at least 4 members (excludes halogenated alkanes) is 22. The Kier molecular flexibility index (Phi) is 38.7. The van der Waals surface area contributed by atoms with E-state index < -0.39 is 0 Å². The van der Waals surface area contributed by atoms with Crippen LogP contribution in [0.5, 0.6) is 0 Å². The summed E-state index contributed by atoms with van der Waals surface area (Å²) in [6.07, 6.45) is 41.8. The standard InChI is InChI=1S/C52H101NO6/c1-5-9-13-17-19-26-36-48(34-24-15-11-7-3)44-57-50(55)38-28-21-22-31-41-53(42-32-23-33-43-54)46-52(47-59-52)40-30-29-39-51(56)58-45-49(35-25-16-12-8-4)37-27-20-18-14-10-6-2/h48-49,54H,5-47H2,1-4H3. The van der Waals surface area contributed by atoms with Crippen LogP contribution in [0.4, 0.5) is 0 Å². The number of esters is 2. The Morgan fingerprint density at radius 3 is 1.29 bits per heavy atom. The summed E-state index contributed by atoms with van der Waals surface area (Å²) in [5.74, 6) is 0.995. The van der Waals surface area contributed by atoms with E-state index in [2.05, 4.69) is 32.6 Å². The van der Waals surface area contributed by atoms with Crippen molar-refractivity contribution in [3.8, 4) is 0 Å². The highest BCUT2D eigenvalue weighted by atomic mass is 16.6. The van der Waals surface area contributed by atoms with Crippen molar-refractivity contribution < 1.29 is 28.9 Å². The molecule has 0 aromatic carbocycles. The largest absolute Gasteiger partial charge is 0.465 e. The number of carbonyl (C=O) groups is 2. The minimum Gasteiger partial charge on any atom is -0.465 e. The van der Waals surface area contributed by atoms with Crippen LogP contribution in [0.25, 0.3) is 0 Å². The Morgan fingerprint density at radius 2 is 0.864 bits per heavy atom. The van der Waals surface area contributed by atoms with Gasteiger partial charge >= 0.3 is 11.9 Å². The number of rotatable bonds is 47. The molecule has 59 heavy (non-hydrogen) atoms. The lowest BCUT2D eigenvalue weighted by molar-refractivity contribution is -0.146. The first-order chi connectivity index (χ1) is 28.9. The number of ether oxygens (including phenoxy) is 3. The summed E-state index contributed by atoms with van der Waals surface area (Å²) in [6.45, 7) is 14.4.